The molecule has 2 aromatic heterocycles. The number of hydrogen-bond donors (Lipinski definition) is 2. The number of pyridine rings is 1. The van der Waals surface area contributed by atoms with Gasteiger partial charge < -0.3 is 15.4 Å². The molecule has 150 valence electrons. The van der Waals surface area contributed by atoms with Gasteiger partial charge in [0.25, 0.3) is 5.69 Å². The quantitative estimate of drug-likeness (QED) is 0.467. The van der Waals surface area contributed by atoms with E-state index in [9.17, 15) is 10.1 Å². The molecule has 9 heteroatoms. The summed E-state index contributed by atoms with van der Waals surface area (Å²) in [7, 11) is 1.46. The van der Waals surface area contributed by atoms with Crippen LogP contribution in [0.25, 0.3) is 11.3 Å². The molecule has 3 aromatic rings. The number of aromatic nitrogens is 3. The Balaban J connectivity index is 2.05. The van der Waals surface area contributed by atoms with Gasteiger partial charge in [0.2, 0.25) is 5.95 Å². The van der Waals surface area contributed by atoms with Gasteiger partial charge in [-0.2, -0.15) is 4.98 Å². The lowest BCUT2D eigenvalue weighted by molar-refractivity contribution is -0.384. The first-order valence-electron chi connectivity index (χ1n) is 8.92. The van der Waals surface area contributed by atoms with Crippen molar-refractivity contribution in [3.05, 3.63) is 58.9 Å². The molecule has 0 radical (unpaired) electrons. The van der Waals surface area contributed by atoms with Gasteiger partial charge in [-0.15, -0.1) is 0 Å². The molecule has 0 fully saturated rings. The van der Waals surface area contributed by atoms with Crippen molar-refractivity contribution in [2.45, 2.75) is 26.3 Å². The molecule has 1 aromatic carbocycles. The monoisotopic (exact) mass is 394 g/mol. The number of nitro groups is 1. The van der Waals surface area contributed by atoms with Crippen molar-refractivity contribution < 1.29 is 9.66 Å². The summed E-state index contributed by atoms with van der Waals surface area (Å²) in [5.74, 6) is 1.23. The number of hydrogen-bond acceptors (Lipinski definition) is 8. The van der Waals surface area contributed by atoms with E-state index in [0.29, 0.717) is 28.9 Å². The molecule has 29 heavy (non-hydrogen) atoms. The molecule has 0 atom stereocenters. The van der Waals surface area contributed by atoms with Crippen molar-refractivity contribution in [1.29, 1.82) is 0 Å². The highest BCUT2D eigenvalue weighted by Gasteiger charge is 2.18. The Morgan fingerprint density at radius 3 is 2.41 bits per heavy atom. The van der Waals surface area contributed by atoms with Crippen LogP contribution >= 0.6 is 0 Å². The van der Waals surface area contributed by atoms with Crippen LogP contribution in [0.4, 0.5) is 23.1 Å². The fraction of sp³-hybridized carbons (Fsp3) is 0.250. The second-order valence-electron chi connectivity index (χ2n) is 7.34. The van der Waals surface area contributed by atoms with Gasteiger partial charge in [0, 0.05) is 29.6 Å². The number of nitrogens with zero attached hydrogens (tertiary/aromatic N) is 4. The first kappa shape index (κ1) is 20.0. The van der Waals surface area contributed by atoms with Gasteiger partial charge in [-0.1, -0.05) is 0 Å². The standard InChI is InChI=1S/C20H22N6O3/c1-20(2,3)25-19-23-16(13-7-9-21-10-8-13)12-18(24-19)22-15-6-5-14(29-4)11-17(15)26(27)28/h5-12H,1-4H3,(H2,22,23,24,25). The Morgan fingerprint density at radius 1 is 1.07 bits per heavy atom. The van der Waals surface area contributed by atoms with Crippen LogP contribution < -0.4 is 15.4 Å². The van der Waals surface area contributed by atoms with Crippen molar-refractivity contribution in [3.8, 4) is 17.0 Å². The molecule has 0 aliphatic carbocycles. The summed E-state index contributed by atoms with van der Waals surface area (Å²) in [4.78, 5) is 24.1. The highest BCUT2D eigenvalue weighted by molar-refractivity contribution is 5.72. The second-order valence-corrected chi connectivity index (χ2v) is 7.34. The lowest BCUT2D eigenvalue weighted by Gasteiger charge is -2.21. The maximum Gasteiger partial charge on any atom is 0.296 e. The molecule has 0 saturated heterocycles. The Hall–Kier alpha value is -3.75. The topological polar surface area (TPSA) is 115 Å². The van der Waals surface area contributed by atoms with Crippen molar-refractivity contribution in [1.82, 2.24) is 15.0 Å². The summed E-state index contributed by atoms with van der Waals surface area (Å²) < 4.78 is 5.09. The average molecular weight is 394 g/mol. The lowest BCUT2D eigenvalue weighted by Crippen LogP contribution is -2.27. The summed E-state index contributed by atoms with van der Waals surface area (Å²) in [5.41, 5.74) is 1.44. The summed E-state index contributed by atoms with van der Waals surface area (Å²) in [6.07, 6.45) is 3.35. The molecule has 0 aliphatic rings. The lowest BCUT2D eigenvalue weighted by atomic mass is 10.1. The minimum Gasteiger partial charge on any atom is -0.496 e. The first-order chi connectivity index (χ1) is 13.7. The average Bonchev–Trinajstić information content (AvgIpc) is 2.67. The van der Waals surface area contributed by atoms with E-state index in [2.05, 4.69) is 25.6 Å². The number of benzene rings is 1. The minimum atomic E-state index is -0.468. The van der Waals surface area contributed by atoms with E-state index < -0.39 is 4.92 Å². The minimum absolute atomic E-state index is 0.112. The second kappa shape index (κ2) is 8.09. The Labute approximate surface area is 168 Å². The summed E-state index contributed by atoms with van der Waals surface area (Å²) in [6.45, 7) is 5.99. The maximum absolute atomic E-state index is 11.5. The van der Waals surface area contributed by atoms with Crippen LogP contribution in [0.3, 0.4) is 0 Å². The van der Waals surface area contributed by atoms with Crippen LogP contribution in [0.1, 0.15) is 20.8 Å². The van der Waals surface area contributed by atoms with Crippen molar-refractivity contribution in [3.63, 3.8) is 0 Å². The van der Waals surface area contributed by atoms with Crippen LogP contribution in [-0.2, 0) is 0 Å². The van der Waals surface area contributed by atoms with E-state index in [0.717, 1.165) is 5.56 Å². The number of anilines is 3. The van der Waals surface area contributed by atoms with E-state index >= 15 is 0 Å². The molecule has 3 rings (SSSR count). The first-order valence-corrected chi connectivity index (χ1v) is 8.92. The van der Waals surface area contributed by atoms with Gasteiger partial charge in [-0.05, 0) is 45.0 Å². The fourth-order valence-corrected chi connectivity index (χ4v) is 2.61. The van der Waals surface area contributed by atoms with Crippen LogP contribution in [-0.4, -0.2) is 32.5 Å². The van der Waals surface area contributed by atoms with Crippen molar-refractivity contribution in [2.24, 2.45) is 0 Å². The zero-order chi connectivity index (χ0) is 21.0. The molecule has 2 N–H and O–H groups in total. The Bertz CT molecular complexity index is 1020. The molecule has 0 amide bonds. The number of nitrogens with one attached hydrogen (secondary N) is 2. The zero-order valence-corrected chi connectivity index (χ0v) is 16.6. The highest BCUT2D eigenvalue weighted by Crippen LogP contribution is 2.32. The number of nitro benzene ring substituents is 1. The normalized spacial score (nSPS) is 11.0. The smallest absolute Gasteiger partial charge is 0.296 e. The van der Waals surface area contributed by atoms with Crippen LogP contribution in [0.2, 0.25) is 0 Å². The highest BCUT2D eigenvalue weighted by atomic mass is 16.6. The summed E-state index contributed by atoms with van der Waals surface area (Å²) >= 11 is 0. The zero-order valence-electron chi connectivity index (χ0n) is 16.6. The molecule has 9 nitrogen and oxygen atoms in total. The van der Waals surface area contributed by atoms with E-state index in [-0.39, 0.29) is 11.2 Å². The SMILES string of the molecule is COc1ccc(Nc2cc(-c3ccncc3)nc(NC(C)(C)C)n2)c([N+](=O)[O-])c1. The molecule has 0 spiro atoms. The van der Waals surface area contributed by atoms with E-state index in [1.165, 1.54) is 13.2 Å². The predicted molar refractivity (Wildman–Crippen MR) is 112 cm³/mol. The van der Waals surface area contributed by atoms with Crippen molar-refractivity contribution >= 4 is 23.1 Å². The van der Waals surface area contributed by atoms with Gasteiger partial charge in [-0.3, -0.25) is 15.1 Å². The Kier molecular flexibility index (Phi) is 5.58. The summed E-state index contributed by atoms with van der Waals surface area (Å²) in [5, 5.41) is 17.8. The van der Waals surface area contributed by atoms with Gasteiger partial charge in [0.1, 0.15) is 17.3 Å². The van der Waals surface area contributed by atoms with Crippen LogP contribution in [0.15, 0.2) is 48.8 Å². The molecular weight excluding hydrogens is 372 g/mol. The van der Waals surface area contributed by atoms with Gasteiger partial charge in [-0.25, -0.2) is 4.98 Å². The fourth-order valence-electron chi connectivity index (χ4n) is 2.61. The van der Waals surface area contributed by atoms with Crippen molar-refractivity contribution in [2.75, 3.05) is 17.7 Å². The van der Waals surface area contributed by atoms with E-state index in [1.54, 1.807) is 30.6 Å². The summed E-state index contributed by atoms with van der Waals surface area (Å²) in [6, 6.07) is 10.0. The van der Waals surface area contributed by atoms with Gasteiger partial charge in [0.15, 0.2) is 0 Å². The molecular formula is C20H22N6O3. The predicted octanol–water partition coefficient (Wildman–Crippen LogP) is 4.41. The van der Waals surface area contributed by atoms with Gasteiger partial charge in [0.05, 0.1) is 23.8 Å². The molecule has 0 unspecified atom stereocenters. The number of methoxy groups -OCH3 is 1. The van der Waals surface area contributed by atoms with Gasteiger partial charge >= 0.3 is 0 Å². The molecule has 0 bridgehead atoms. The maximum atomic E-state index is 11.5. The molecule has 0 saturated carbocycles. The third-order valence-corrected chi connectivity index (χ3v) is 3.85. The third kappa shape index (κ3) is 5.16. The Morgan fingerprint density at radius 2 is 1.79 bits per heavy atom. The number of rotatable bonds is 6. The molecule has 2 heterocycles. The molecule has 0 aliphatic heterocycles. The van der Waals surface area contributed by atoms with Crippen LogP contribution in [0, 0.1) is 10.1 Å². The third-order valence-electron chi connectivity index (χ3n) is 3.85. The van der Waals surface area contributed by atoms with E-state index in [4.69, 9.17) is 4.74 Å². The largest absolute Gasteiger partial charge is 0.496 e. The number of ether oxygens (including phenoxy) is 1. The van der Waals surface area contributed by atoms with Crippen LogP contribution in [0.5, 0.6) is 5.75 Å². The van der Waals surface area contributed by atoms with E-state index in [1.807, 2.05) is 32.9 Å².